The SMILES string of the molecule is OCCC1CCCOC1(O)O. The molecule has 1 fully saturated rings. The molecule has 1 atom stereocenters. The van der Waals surface area contributed by atoms with Crippen LogP contribution in [-0.2, 0) is 4.74 Å². The van der Waals surface area contributed by atoms with Crippen molar-refractivity contribution in [1.29, 1.82) is 0 Å². The van der Waals surface area contributed by atoms with Crippen LogP contribution in [-0.4, -0.2) is 34.5 Å². The van der Waals surface area contributed by atoms with Gasteiger partial charge in [-0.15, -0.1) is 0 Å². The van der Waals surface area contributed by atoms with Crippen LogP contribution in [0.25, 0.3) is 0 Å². The lowest BCUT2D eigenvalue weighted by Crippen LogP contribution is -2.44. The van der Waals surface area contributed by atoms with Crippen LogP contribution < -0.4 is 0 Å². The Morgan fingerprint density at radius 2 is 2.18 bits per heavy atom. The van der Waals surface area contributed by atoms with E-state index in [0.29, 0.717) is 19.4 Å². The summed E-state index contributed by atoms with van der Waals surface area (Å²) in [6.07, 6.45) is 1.91. The van der Waals surface area contributed by atoms with Gasteiger partial charge < -0.3 is 20.1 Å². The van der Waals surface area contributed by atoms with Gasteiger partial charge in [0.1, 0.15) is 0 Å². The minimum absolute atomic E-state index is 0.0309. The van der Waals surface area contributed by atoms with E-state index < -0.39 is 5.97 Å². The largest absolute Gasteiger partial charge is 0.396 e. The molecule has 0 amide bonds. The van der Waals surface area contributed by atoms with E-state index in [-0.39, 0.29) is 12.5 Å². The summed E-state index contributed by atoms with van der Waals surface area (Å²) in [5.41, 5.74) is 0. The maximum Gasteiger partial charge on any atom is 0.280 e. The van der Waals surface area contributed by atoms with Crippen molar-refractivity contribution in [2.24, 2.45) is 5.92 Å². The summed E-state index contributed by atoms with van der Waals surface area (Å²) < 4.78 is 4.73. The molecular weight excluding hydrogens is 148 g/mol. The van der Waals surface area contributed by atoms with E-state index in [4.69, 9.17) is 9.84 Å². The number of aliphatic hydroxyl groups excluding tert-OH is 1. The molecule has 0 aromatic rings. The van der Waals surface area contributed by atoms with Gasteiger partial charge in [-0.25, -0.2) is 0 Å². The van der Waals surface area contributed by atoms with Gasteiger partial charge in [-0.2, -0.15) is 0 Å². The van der Waals surface area contributed by atoms with Crippen molar-refractivity contribution in [1.82, 2.24) is 0 Å². The molecule has 4 nitrogen and oxygen atoms in total. The van der Waals surface area contributed by atoms with Gasteiger partial charge in [-0.3, -0.25) is 0 Å². The Balaban J connectivity index is 2.45. The maximum atomic E-state index is 9.19. The van der Waals surface area contributed by atoms with E-state index >= 15 is 0 Å². The average molecular weight is 162 g/mol. The number of aliphatic hydroxyl groups is 3. The zero-order valence-electron chi connectivity index (χ0n) is 6.36. The second kappa shape index (κ2) is 3.49. The van der Waals surface area contributed by atoms with E-state index in [1.54, 1.807) is 0 Å². The van der Waals surface area contributed by atoms with E-state index in [0.717, 1.165) is 6.42 Å². The standard InChI is InChI=1S/C7H14O4/c8-4-3-6-2-1-5-11-7(6,9)10/h6,8-10H,1-5H2. The van der Waals surface area contributed by atoms with Crippen LogP contribution in [0.2, 0.25) is 0 Å². The fourth-order valence-corrected chi connectivity index (χ4v) is 1.35. The van der Waals surface area contributed by atoms with Crippen LogP contribution in [0.15, 0.2) is 0 Å². The Kier molecular flexibility index (Phi) is 2.84. The smallest absolute Gasteiger partial charge is 0.280 e. The van der Waals surface area contributed by atoms with Gasteiger partial charge >= 0.3 is 0 Å². The van der Waals surface area contributed by atoms with E-state index in [1.807, 2.05) is 0 Å². The second-order valence-corrected chi connectivity index (χ2v) is 2.86. The van der Waals surface area contributed by atoms with Crippen LogP contribution in [0.4, 0.5) is 0 Å². The Morgan fingerprint density at radius 3 is 2.73 bits per heavy atom. The molecule has 0 aromatic heterocycles. The second-order valence-electron chi connectivity index (χ2n) is 2.86. The van der Waals surface area contributed by atoms with Crippen LogP contribution in [0, 0.1) is 5.92 Å². The molecule has 0 aromatic carbocycles. The van der Waals surface area contributed by atoms with Gasteiger partial charge in [-0.1, -0.05) is 0 Å². The van der Waals surface area contributed by atoms with Crippen molar-refractivity contribution in [3.63, 3.8) is 0 Å². The lowest BCUT2D eigenvalue weighted by Gasteiger charge is -2.34. The molecule has 0 radical (unpaired) electrons. The molecule has 1 aliphatic rings. The third-order valence-corrected chi connectivity index (χ3v) is 2.02. The molecule has 0 spiro atoms. The lowest BCUT2D eigenvalue weighted by atomic mass is 9.95. The van der Waals surface area contributed by atoms with Gasteiger partial charge in [0.25, 0.3) is 5.97 Å². The van der Waals surface area contributed by atoms with Crippen LogP contribution in [0.5, 0.6) is 0 Å². The molecule has 66 valence electrons. The van der Waals surface area contributed by atoms with Gasteiger partial charge in [0.2, 0.25) is 0 Å². The number of rotatable bonds is 2. The highest BCUT2D eigenvalue weighted by atomic mass is 16.8. The number of hydrogen-bond acceptors (Lipinski definition) is 4. The van der Waals surface area contributed by atoms with Gasteiger partial charge in [0.05, 0.1) is 6.61 Å². The first-order valence-electron chi connectivity index (χ1n) is 3.86. The molecule has 1 unspecified atom stereocenters. The van der Waals surface area contributed by atoms with Gasteiger partial charge in [-0.05, 0) is 19.3 Å². The topological polar surface area (TPSA) is 69.9 Å². The first kappa shape index (κ1) is 8.93. The molecule has 0 bridgehead atoms. The van der Waals surface area contributed by atoms with Crippen LogP contribution in [0.3, 0.4) is 0 Å². The minimum Gasteiger partial charge on any atom is -0.396 e. The minimum atomic E-state index is -2.01. The predicted molar refractivity (Wildman–Crippen MR) is 37.5 cm³/mol. The van der Waals surface area contributed by atoms with Gasteiger partial charge in [0, 0.05) is 12.5 Å². The van der Waals surface area contributed by atoms with E-state index in [9.17, 15) is 10.2 Å². The molecule has 1 rings (SSSR count). The molecule has 1 saturated heterocycles. The van der Waals surface area contributed by atoms with Crippen molar-refractivity contribution in [3.05, 3.63) is 0 Å². The van der Waals surface area contributed by atoms with Crippen molar-refractivity contribution in [3.8, 4) is 0 Å². The van der Waals surface area contributed by atoms with E-state index in [2.05, 4.69) is 0 Å². The Morgan fingerprint density at radius 1 is 1.45 bits per heavy atom. The Bertz CT molecular complexity index is 122. The summed E-state index contributed by atoms with van der Waals surface area (Å²) >= 11 is 0. The van der Waals surface area contributed by atoms with Crippen molar-refractivity contribution in [2.75, 3.05) is 13.2 Å². The molecular formula is C7H14O4. The number of ether oxygens (including phenoxy) is 1. The zero-order chi connectivity index (χ0) is 8.32. The third kappa shape index (κ3) is 2.13. The van der Waals surface area contributed by atoms with Crippen LogP contribution >= 0.6 is 0 Å². The van der Waals surface area contributed by atoms with Crippen molar-refractivity contribution in [2.45, 2.75) is 25.2 Å². The summed E-state index contributed by atoms with van der Waals surface area (Å²) in [5, 5.41) is 26.9. The lowest BCUT2D eigenvalue weighted by molar-refractivity contribution is -0.380. The molecule has 11 heavy (non-hydrogen) atoms. The quantitative estimate of drug-likeness (QED) is 0.476. The Labute approximate surface area is 65.4 Å². The highest BCUT2D eigenvalue weighted by molar-refractivity contribution is 4.71. The Hall–Kier alpha value is -0.160. The summed E-state index contributed by atoms with van der Waals surface area (Å²) in [4.78, 5) is 0. The fourth-order valence-electron chi connectivity index (χ4n) is 1.35. The zero-order valence-corrected chi connectivity index (χ0v) is 6.36. The monoisotopic (exact) mass is 162 g/mol. The highest BCUT2D eigenvalue weighted by Crippen LogP contribution is 2.28. The summed E-state index contributed by atoms with van der Waals surface area (Å²) in [7, 11) is 0. The fraction of sp³-hybridized carbons (Fsp3) is 1.00. The molecule has 0 aliphatic carbocycles. The summed E-state index contributed by atoms with van der Waals surface area (Å²) in [6, 6.07) is 0. The molecule has 1 heterocycles. The molecule has 3 N–H and O–H groups in total. The predicted octanol–water partition coefficient (Wildman–Crippen LogP) is -0.566. The van der Waals surface area contributed by atoms with Crippen molar-refractivity contribution >= 4 is 0 Å². The van der Waals surface area contributed by atoms with Crippen LogP contribution in [0.1, 0.15) is 19.3 Å². The first-order valence-corrected chi connectivity index (χ1v) is 3.86. The normalized spacial score (nSPS) is 30.3. The number of hydrogen-bond donors (Lipinski definition) is 3. The average Bonchev–Trinajstić information content (AvgIpc) is 1.94. The molecule has 4 heteroatoms. The van der Waals surface area contributed by atoms with E-state index in [1.165, 1.54) is 0 Å². The summed E-state index contributed by atoms with van der Waals surface area (Å²) in [5.74, 6) is -2.36. The third-order valence-electron chi connectivity index (χ3n) is 2.02. The summed E-state index contributed by atoms with van der Waals surface area (Å²) in [6.45, 7) is 0.353. The van der Waals surface area contributed by atoms with Gasteiger partial charge in [0.15, 0.2) is 0 Å². The highest BCUT2D eigenvalue weighted by Gasteiger charge is 2.37. The molecule has 1 aliphatic heterocycles. The first-order chi connectivity index (χ1) is 5.17. The maximum absolute atomic E-state index is 9.19. The molecule has 0 saturated carbocycles. The van der Waals surface area contributed by atoms with Crippen molar-refractivity contribution < 1.29 is 20.1 Å².